The minimum absolute atomic E-state index is 0.0903. The van der Waals surface area contributed by atoms with Gasteiger partial charge in [-0.15, -0.1) is 0 Å². The normalized spacial score (nSPS) is 10.6. The highest BCUT2D eigenvalue weighted by Gasteiger charge is 2.02. The average Bonchev–Trinajstić information content (AvgIpc) is 2.61. The van der Waals surface area contributed by atoms with Gasteiger partial charge in [0.15, 0.2) is 5.78 Å². The monoisotopic (exact) mass is 326 g/mol. The molecule has 3 nitrogen and oxygen atoms in total. The first-order chi connectivity index (χ1) is 11.7. The number of Topliss-reactive ketones (excluding diaryl/α,β-unsaturated/α-hetero) is 1. The lowest BCUT2D eigenvalue weighted by Crippen LogP contribution is -1.98. The third kappa shape index (κ3) is 5.82. The van der Waals surface area contributed by atoms with Gasteiger partial charge in [-0.3, -0.25) is 4.79 Å². The Balaban J connectivity index is 1.79. The third-order valence-electron chi connectivity index (χ3n) is 3.99. The first kappa shape index (κ1) is 18.2. The molecule has 128 valence electrons. The number of carbonyl (C=O) groups is 1. The largest absolute Gasteiger partial charge is 0.494 e. The fraction of sp³-hybridized carbons (Fsp3) is 0.381. The quantitative estimate of drug-likeness (QED) is 0.448. The molecule has 0 unspecified atom stereocenters. The van der Waals surface area contributed by atoms with E-state index in [1.807, 2.05) is 36.4 Å². The second-order valence-electron chi connectivity index (χ2n) is 5.91. The Morgan fingerprint density at radius 1 is 0.792 bits per heavy atom. The molecule has 0 radical (unpaired) electrons. The van der Waals surface area contributed by atoms with Crippen LogP contribution >= 0.6 is 0 Å². The van der Waals surface area contributed by atoms with E-state index in [0.717, 1.165) is 48.5 Å². The van der Waals surface area contributed by atoms with Crippen LogP contribution < -0.4 is 4.74 Å². The maximum atomic E-state index is 11.3. The maximum Gasteiger partial charge on any atom is 0.159 e. The van der Waals surface area contributed by atoms with Crippen LogP contribution in [0.2, 0.25) is 0 Å². The van der Waals surface area contributed by atoms with Crippen molar-refractivity contribution < 1.29 is 14.3 Å². The Kier molecular flexibility index (Phi) is 7.50. The topological polar surface area (TPSA) is 35.5 Å². The summed E-state index contributed by atoms with van der Waals surface area (Å²) >= 11 is 0. The molecular weight excluding hydrogens is 300 g/mol. The van der Waals surface area contributed by atoms with E-state index in [1.165, 1.54) is 12.8 Å². The lowest BCUT2D eigenvalue weighted by Gasteiger charge is -2.08. The lowest BCUT2D eigenvalue weighted by molar-refractivity contribution is 0.101. The van der Waals surface area contributed by atoms with E-state index in [0.29, 0.717) is 0 Å². The molecule has 0 aromatic heterocycles. The van der Waals surface area contributed by atoms with Crippen LogP contribution in [0, 0.1) is 0 Å². The number of hydrogen-bond donors (Lipinski definition) is 0. The highest BCUT2D eigenvalue weighted by molar-refractivity contribution is 5.94. The van der Waals surface area contributed by atoms with Gasteiger partial charge in [0.1, 0.15) is 5.75 Å². The molecule has 0 bridgehead atoms. The van der Waals surface area contributed by atoms with Gasteiger partial charge in [0, 0.05) is 19.3 Å². The second kappa shape index (κ2) is 9.89. The number of methoxy groups -OCH3 is 1. The van der Waals surface area contributed by atoms with Crippen LogP contribution in [-0.4, -0.2) is 26.1 Å². The smallest absolute Gasteiger partial charge is 0.159 e. The van der Waals surface area contributed by atoms with Gasteiger partial charge in [0.2, 0.25) is 0 Å². The van der Waals surface area contributed by atoms with Gasteiger partial charge in [-0.05, 0) is 49.4 Å². The van der Waals surface area contributed by atoms with E-state index in [4.69, 9.17) is 9.47 Å². The molecule has 3 heteroatoms. The van der Waals surface area contributed by atoms with E-state index in [2.05, 4.69) is 12.1 Å². The van der Waals surface area contributed by atoms with Crippen molar-refractivity contribution in [1.82, 2.24) is 0 Å². The molecule has 0 saturated heterocycles. The number of ether oxygens (including phenoxy) is 2. The summed E-state index contributed by atoms with van der Waals surface area (Å²) < 4.78 is 10.8. The highest BCUT2D eigenvalue weighted by atomic mass is 16.5. The maximum absolute atomic E-state index is 11.3. The molecule has 2 aromatic carbocycles. The van der Waals surface area contributed by atoms with Crippen LogP contribution in [0.5, 0.6) is 5.75 Å². The molecule has 0 fully saturated rings. The summed E-state index contributed by atoms with van der Waals surface area (Å²) in [5, 5.41) is 0. The zero-order valence-corrected chi connectivity index (χ0v) is 14.6. The van der Waals surface area contributed by atoms with Gasteiger partial charge in [-0.2, -0.15) is 0 Å². The Morgan fingerprint density at radius 3 is 1.88 bits per heavy atom. The Labute approximate surface area is 144 Å². The van der Waals surface area contributed by atoms with Crippen LogP contribution in [0.3, 0.4) is 0 Å². The van der Waals surface area contributed by atoms with E-state index in [-0.39, 0.29) is 5.78 Å². The third-order valence-corrected chi connectivity index (χ3v) is 3.99. The number of benzene rings is 2. The molecule has 24 heavy (non-hydrogen) atoms. The van der Waals surface area contributed by atoms with Crippen molar-refractivity contribution in [2.24, 2.45) is 0 Å². The first-order valence-corrected chi connectivity index (χ1v) is 8.54. The van der Waals surface area contributed by atoms with Crippen LogP contribution in [0.25, 0.3) is 11.1 Å². The molecule has 0 spiro atoms. The van der Waals surface area contributed by atoms with Gasteiger partial charge < -0.3 is 9.47 Å². The summed E-state index contributed by atoms with van der Waals surface area (Å²) in [5.41, 5.74) is 2.96. The van der Waals surface area contributed by atoms with Crippen molar-refractivity contribution in [3.8, 4) is 16.9 Å². The Morgan fingerprint density at radius 2 is 1.33 bits per heavy atom. The van der Waals surface area contributed by atoms with E-state index < -0.39 is 0 Å². The molecule has 0 heterocycles. The van der Waals surface area contributed by atoms with E-state index in [1.54, 1.807) is 14.0 Å². The van der Waals surface area contributed by atoms with Crippen LogP contribution in [0.1, 0.15) is 43.0 Å². The number of unbranched alkanes of at least 4 members (excludes halogenated alkanes) is 3. The summed E-state index contributed by atoms with van der Waals surface area (Å²) in [7, 11) is 1.74. The highest BCUT2D eigenvalue weighted by Crippen LogP contribution is 2.23. The fourth-order valence-corrected chi connectivity index (χ4v) is 2.53. The average molecular weight is 326 g/mol. The number of ketones is 1. The number of hydrogen-bond acceptors (Lipinski definition) is 3. The molecule has 0 aliphatic carbocycles. The molecule has 2 aromatic rings. The minimum atomic E-state index is 0.0903. The van der Waals surface area contributed by atoms with Crippen LogP contribution in [-0.2, 0) is 4.74 Å². The van der Waals surface area contributed by atoms with Crippen molar-refractivity contribution in [1.29, 1.82) is 0 Å². The summed E-state index contributed by atoms with van der Waals surface area (Å²) in [5.74, 6) is 0.989. The van der Waals surface area contributed by atoms with Crippen LogP contribution in [0.4, 0.5) is 0 Å². The number of rotatable bonds is 10. The Bertz CT molecular complexity index is 615. The summed E-state index contributed by atoms with van der Waals surface area (Å²) in [4.78, 5) is 11.3. The van der Waals surface area contributed by atoms with Crippen molar-refractivity contribution in [3.63, 3.8) is 0 Å². The van der Waals surface area contributed by atoms with E-state index in [9.17, 15) is 4.79 Å². The second-order valence-corrected chi connectivity index (χ2v) is 5.91. The SMILES string of the molecule is COCCCCCCOc1ccc(-c2ccc(C(C)=O)cc2)cc1. The van der Waals surface area contributed by atoms with E-state index >= 15 is 0 Å². The lowest BCUT2D eigenvalue weighted by atomic mass is 10.0. The van der Waals surface area contributed by atoms with Gasteiger partial charge in [-0.25, -0.2) is 0 Å². The molecule has 2 rings (SSSR count). The van der Waals surface area contributed by atoms with Crippen molar-refractivity contribution in [2.75, 3.05) is 20.3 Å². The van der Waals surface area contributed by atoms with Crippen LogP contribution in [0.15, 0.2) is 48.5 Å². The first-order valence-electron chi connectivity index (χ1n) is 8.54. The van der Waals surface area contributed by atoms with Gasteiger partial charge >= 0.3 is 0 Å². The zero-order chi connectivity index (χ0) is 17.2. The van der Waals surface area contributed by atoms with Crippen molar-refractivity contribution in [3.05, 3.63) is 54.1 Å². The standard InChI is InChI=1S/C21H26O3/c1-17(22)18-7-9-19(10-8-18)20-11-13-21(14-12-20)24-16-6-4-3-5-15-23-2/h7-14H,3-6,15-16H2,1-2H3. The summed E-state index contributed by atoms with van der Waals surface area (Å²) in [6.07, 6.45) is 4.54. The predicted octanol–water partition coefficient (Wildman–Crippen LogP) is 5.14. The molecule has 0 N–H and O–H groups in total. The summed E-state index contributed by atoms with van der Waals surface area (Å²) in [6, 6.07) is 15.8. The van der Waals surface area contributed by atoms with Crippen molar-refractivity contribution >= 4 is 5.78 Å². The zero-order valence-electron chi connectivity index (χ0n) is 14.6. The molecular formula is C21H26O3. The molecule has 0 saturated carbocycles. The molecule has 0 amide bonds. The summed E-state index contributed by atoms with van der Waals surface area (Å²) in [6.45, 7) is 3.17. The van der Waals surface area contributed by atoms with Gasteiger partial charge in [0.05, 0.1) is 6.61 Å². The number of carbonyl (C=O) groups excluding carboxylic acids is 1. The minimum Gasteiger partial charge on any atom is -0.494 e. The Hall–Kier alpha value is -2.13. The molecule has 0 aliphatic rings. The van der Waals surface area contributed by atoms with Crippen molar-refractivity contribution in [2.45, 2.75) is 32.6 Å². The molecule has 0 aliphatic heterocycles. The van der Waals surface area contributed by atoms with Gasteiger partial charge in [0.25, 0.3) is 0 Å². The predicted molar refractivity (Wildman–Crippen MR) is 97.7 cm³/mol. The molecule has 0 atom stereocenters. The fourth-order valence-electron chi connectivity index (χ4n) is 2.53. The van der Waals surface area contributed by atoms with Gasteiger partial charge in [-0.1, -0.05) is 42.8 Å².